The van der Waals surface area contributed by atoms with Crippen molar-refractivity contribution in [3.8, 4) is 0 Å². The highest BCUT2D eigenvalue weighted by atomic mass is 79.9. The summed E-state index contributed by atoms with van der Waals surface area (Å²) < 4.78 is 1.04. The lowest BCUT2D eigenvalue weighted by atomic mass is 10.1. The Labute approximate surface area is 111 Å². The summed E-state index contributed by atoms with van der Waals surface area (Å²) in [5.41, 5.74) is 2.59. The molecule has 1 N–H and O–H groups in total. The first kappa shape index (κ1) is 10.7. The topological polar surface area (TPSA) is 29.1 Å². The third kappa shape index (κ3) is 1.94. The van der Waals surface area contributed by atoms with Crippen molar-refractivity contribution in [2.45, 2.75) is 0 Å². The summed E-state index contributed by atoms with van der Waals surface area (Å²) in [6.45, 7) is 0. The van der Waals surface area contributed by atoms with E-state index >= 15 is 0 Å². The van der Waals surface area contributed by atoms with Gasteiger partial charge in [0.1, 0.15) is 0 Å². The number of carbonyl (C=O) groups is 1. The number of nitrogens with one attached hydrogen (secondary N) is 1. The first-order valence-electron chi connectivity index (χ1n) is 5.10. The molecule has 2 nitrogen and oxygen atoms in total. The summed E-state index contributed by atoms with van der Waals surface area (Å²) in [4.78, 5) is 12.9. The number of anilines is 1. The van der Waals surface area contributed by atoms with E-state index in [9.17, 15) is 4.79 Å². The average Bonchev–Trinajstić information content (AvgIpc) is 2.85. The van der Waals surface area contributed by atoms with Crippen LogP contribution in [0, 0.1) is 0 Å². The monoisotopic (exact) mass is 305 g/mol. The predicted octanol–water partition coefficient (Wildman–Crippen LogP) is 4.00. The lowest BCUT2D eigenvalue weighted by Gasteiger charge is -1.95. The standard InChI is InChI=1S/C13H8BrNOS/c14-8-5-9(17-7-8)6-11-10-3-1-2-4-12(10)15-13(11)16/h1-7H,(H,15,16). The number of hydrogen-bond donors (Lipinski definition) is 1. The highest BCUT2D eigenvalue weighted by molar-refractivity contribution is 9.10. The van der Waals surface area contributed by atoms with Crippen LogP contribution in [0.5, 0.6) is 0 Å². The molecule has 0 aliphatic carbocycles. The molecule has 0 saturated heterocycles. The first-order valence-corrected chi connectivity index (χ1v) is 6.78. The number of fused-ring (bicyclic) bond motifs is 1. The Morgan fingerprint density at radius 2 is 2.12 bits per heavy atom. The molecule has 0 atom stereocenters. The summed E-state index contributed by atoms with van der Waals surface area (Å²) in [6, 6.07) is 9.74. The van der Waals surface area contributed by atoms with Crippen LogP contribution in [0.2, 0.25) is 0 Å². The number of benzene rings is 1. The Balaban J connectivity index is 2.09. The van der Waals surface area contributed by atoms with E-state index in [1.807, 2.05) is 41.8 Å². The van der Waals surface area contributed by atoms with Gasteiger partial charge in [-0.05, 0) is 34.1 Å². The quantitative estimate of drug-likeness (QED) is 0.793. The minimum absolute atomic E-state index is 0.0317. The van der Waals surface area contributed by atoms with Gasteiger partial charge in [-0.25, -0.2) is 0 Å². The van der Waals surface area contributed by atoms with Crippen LogP contribution in [-0.2, 0) is 4.79 Å². The fraction of sp³-hybridized carbons (Fsp3) is 0. The number of carbonyl (C=O) groups excluding carboxylic acids is 1. The van der Waals surface area contributed by atoms with Gasteiger partial charge in [0.2, 0.25) is 0 Å². The molecule has 0 bridgehead atoms. The average molecular weight is 306 g/mol. The van der Waals surface area contributed by atoms with Crippen LogP contribution in [0.15, 0.2) is 40.2 Å². The Kier molecular flexibility index (Phi) is 2.61. The molecule has 17 heavy (non-hydrogen) atoms. The highest BCUT2D eigenvalue weighted by Crippen LogP contribution is 2.34. The summed E-state index contributed by atoms with van der Waals surface area (Å²) in [5, 5.41) is 4.87. The van der Waals surface area contributed by atoms with Crippen LogP contribution in [0.1, 0.15) is 10.4 Å². The molecular weight excluding hydrogens is 298 g/mol. The largest absolute Gasteiger partial charge is 0.321 e. The van der Waals surface area contributed by atoms with Gasteiger partial charge in [0.15, 0.2) is 0 Å². The smallest absolute Gasteiger partial charge is 0.256 e. The molecule has 0 unspecified atom stereocenters. The maximum atomic E-state index is 11.9. The summed E-state index contributed by atoms with van der Waals surface area (Å²) in [5.74, 6) is -0.0317. The molecule has 0 radical (unpaired) electrons. The van der Waals surface area contributed by atoms with E-state index in [0.29, 0.717) is 0 Å². The first-order chi connectivity index (χ1) is 8.24. The van der Waals surface area contributed by atoms with E-state index in [2.05, 4.69) is 21.2 Å². The molecule has 1 amide bonds. The van der Waals surface area contributed by atoms with Crippen molar-refractivity contribution in [1.29, 1.82) is 0 Å². The minimum atomic E-state index is -0.0317. The molecule has 0 saturated carbocycles. The van der Waals surface area contributed by atoms with Crippen molar-refractivity contribution in [3.63, 3.8) is 0 Å². The number of halogens is 1. The minimum Gasteiger partial charge on any atom is -0.321 e. The maximum Gasteiger partial charge on any atom is 0.256 e. The molecular formula is C13H8BrNOS. The molecule has 4 heteroatoms. The van der Waals surface area contributed by atoms with Gasteiger partial charge in [0.05, 0.1) is 5.57 Å². The second-order valence-electron chi connectivity index (χ2n) is 3.73. The summed E-state index contributed by atoms with van der Waals surface area (Å²) in [7, 11) is 0. The molecule has 2 heterocycles. The Hall–Kier alpha value is -1.39. The molecule has 84 valence electrons. The molecule has 1 aromatic carbocycles. The van der Waals surface area contributed by atoms with Crippen LogP contribution in [0.4, 0.5) is 5.69 Å². The SMILES string of the molecule is O=C1Nc2ccccc2C1=Cc1cc(Br)cs1. The lowest BCUT2D eigenvalue weighted by molar-refractivity contribution is -0.110. The molecule has 3 rings (SSSR count). The van der Waals surface area contributed by atoms with E-state index in [0.717, 1.165) is 26.2 Å². The van der Waals surface area contributed by atoms with Crippen LogP contribution >= 0.6 is 27.3 Å². The number of thiophene rings is 1. The van der Waals surface area contributed by atoms with E-state index in [-0.39, 0.29) is 5.91 Å². The Morgan fingerprint density at radius 1 is 1.29 bits per heavy atom. The van der Waals surface area contributed by atoms with Gasteiger partial charge in [0.25, 0.3) is 5.91 Å². The van der Waals surface area contributed by atoms with Crippen LogP contribution in [0.25, 0.3) is 11.6 Å². The maximum absolute atomic E-state index is 11.9. The normalized spacial score (nSPS) is 16.1. The zero-order valence-corrected chi connectivity index (χ0v) is 11.1. The molecule has 2 aromatic rings. The fourth-order valence-electron chi connectivity index (χ4n) is 1.83. The van der Waals surface area contributed by atoms with Crippen molar-refractivity contribution in [3.05, 3.63) is 50.6 Å². The van der Waals surface area contributed by atoms with Gasteiger partial charge in [0, 0.05) is 26.0 Å². The van der Waals surface area contributed by atoms with E-state index in [4.69, 9.17) is 0 Å². The van der Waals surface area contributed by atoms with Crippen molar-refractivity contribution >= 4 is 50.5 Å². The zero-order chi connectivity index (χ0) is 11.8. The summed E-state index contributed by atoms with van der Waals surface area (Å²) in [6.07, 6.45) is 1.93. The van der Waals surface area contributed by atoms with E-state index in [1.165, 1.54) is 0 Å². The number of para-hydroxylation sites is 1. The highest BCUT2D eigenvalue weighted by Gasteiger charge is 2.23. The van der Waals surface area contributed by atoms with Gasteiger partial charge < -0.3 is 5.32 Å². The Bertz CT molecular complexity index is 630. The molecule has 1 aromatic heterocycles. The van der Waals surface area contributed by atoms with Gasteiger partial charge in [-0.3, -0.25) is 4.79 Å². The zero-order valence-electron chi connectivity index (χ0n) is 8.74. The second-order valence-corrected chi connectivity index (χ2v) is 5.58. The van der Waals surface area contributed by atoms with Crippen LogP contribution < -0.4 is 5.32 Å². The fourth-order valence-corrected chi connectivity index (χ4v) is 3.20. The second kappa shape index (κ2) is 4.13. The number of hydrogen-bond acceptors (Lipinski definition) is 2. The summed E-state index contributed by atoms with van der Waals surface area (Å²) >= 11 is 5.02. The number of rotatable bonds is 1. The number of amides is 1. The van der Waals surface area contributed by atoms with Crippen molar-refractivity contribution in [1.82, 2.24) is 0 Å². The van der Waals surface area contributed by atoms with Crippen molar-refractivity contribution in [2.24, 2.45) is 0 Å². The van der Waals surface area contributed by atoms with Gasteiger partial charge >= 0.3 is 0 Å². The van der Waals surface area contributed by atoms with Crippen molar-refractivity contribution < 1.29 is 4.79 Å². The van der Waals surface area contributed by atoms with E-state index < -0.39 is 0 Å². The molecule has 1 aliphatic rings. The predicted molar refractivity (Wildman–Crippen MR) is 75.0 cm³/mol. The van der Waals surface area contributed by atoms with Gasteiger partial charge in [-0.15, -0.1) is 11.3 Å². The van der Waals surface area contributed by atoms with Gasteiger partial charge in [-0.2, -0.15) is 0 Å². The van der Waals surface area contributed by atoms with Gasteiger partial charge in [-0.1, -0.05) is 18.2 Å². The van der Waals surface area contributed by atoms with Crippen LogP contribution in [0.3, 0.4) is 0 Å². The Morgan fingerprint density at radius 3 is 2.88 bits per heavy atom. The van der Waals surface area contributed by atoms with Crippen LogP contribution in [-0.4, -0.2) is 5.91 Å². The lowest BCUT2D eigenvalue weighted by Crippen LogP contribution is -2.03. The molecule has 1 aliphatic heterocycles. The molecule has 0 spiro atoms. The third-order valence-corrected chi connectivity index (χ3v) is 4.22. The van der Waals surface area contributed by atoms with E-state index in [1.54, 1.807) is 11.3 Å². The molecule has 0 fully saturated rings. The van der Waals surface area contributed by atoms with Crippen molar-refractivity contribution in [2.75, 3.05) is 5.32 Å². The third-order valence-electron chi connectivity index (χ3n) is 2.58.